The van der Waals surface area contributed by atoms with Gasteiger partial charge in [-0.2, -0.15) is 0 Å². The first-order valence-corrected chi connectivity index (χ1v) is 13.0. The molecule has 2 heterocycles. The number of anilines is 1. The lowest BCUT2D eigenvalue weighted by atomic mass is 10.0. The van der Waals surface area contributed by atoms with Gasteiger partial charge in [0.25, 0.3) is 5.91 Å². The highest BCUT2D eigenvalue weighted by Crippen LogP contribution is 2.31. The van der Waals surface area contributed by atoms with Gasteiger partial charge in [-0.05, 0) is 49.4 Å². The van der Waals surface area contributed by atoms with Crippen LogP contribution in [0.2, 0.25) is 0 Å². The molecule has 0 aromatic heterocycles. The van der Waals surface area contributed by atoms with Crippen molar-refractivity contribution >= 4 is 35.1 Å². The summed E-state index contributed by atoms with van der Waals surface area (Å²) >= 11 is 0. The van der Waals surface area contributed by atoms with Crippen LogP contribution in [0.25, 0.3) is 0 Å². The maximum atomic E-state index is 13.1. The normalized spacial score (nSPS) is 20.3. The minimum absolute atomic E-state index is 0.0152. The molecule has 2 N–H and O–H groups in total. The Morgan fingerprint density at radius 2 is 1.78 bits per heavy atom. The molecule has 0 spiro atoms. The zero-order valence-corrected chi connectivity index (χ0v) is 22.5. The maximum absolute atomic E-state index is 13.1. The average Bonchev–Trinajstić information content (AvgIpc) is 3.43. The van der Waals surface area contributed by atoms with Crippen LogP contribution in [0, 0.1) is 5.92 Å². The fourth-order valence-electron chi connectivity index (χ4n) is 5.14. The quantitative estimate of drug-likeness (QED) is 0.485. The molecule has 2 fully saturated rings. The Morgan fingerprint density at radius 1 is 1.11 bits per heavy atom. The maximum Gasteiger partial charge on any atom is 0.251 e. The van der Waals surface area contributed by atoms with E-state index in [1.807, 2.05) is 45.0 Å². The van der Waals surface area contributed by atoms with Crippen LogP contribution in [0.3, 0.4) is 0 Å². The van der Waals surface area contributed by atoms with Gasteiger partial charge in [-0.15, -0.1) is 0 Å². The Bertz CT molecular complexity index is 1020. The highest BCUT2D eigenvalue weighted by atomic mass is 16.2. The molecular formula is C27H39N5O5. The average molecular weight is 514 g/mol. The van der Waals surface area contributed by atoms with Gasteiger partial charge in [0.2, 0.25) is 17.7 Å². The molecule has 0 bridgehead atoms. The summed E-state index contributed by atoms with van der Waals surface area (Å²) in [6, 6.07) is 5.71. The third kappa shape index (κ3) is 6.67. The number of carbonyl (C=O) groups excluding carboxylic acids is 5. The number of carbonyl (C=O) groups is 5. The molecule has 3 rings (SSSR count). The molecule has 10 heteroatoms. The fraction of sp³-hybridized carbons (Fsp3) is 0.593. The second kappa shape index (κ2) is 12.2. The standard InChI is InChI=1S/C27H39N5O5/c1-6-21(29-18(3)33)27(37)32-16-23(34)25-22(32)12-14-31(25)24(35)15-17(2)11-13-28-26(36)19-7-9-20(10-8-19)30(4)5/h7-10,17,21-22,25H,6,11-16H2,1-5H3,(H,28,36)(H,29,33). The van der Waals surface area contributed by atoms with Crippen LogP contribution in [0.5, 0.6) is 0 Å². The number of nitrogens with zero attached hydrogens (tertiary/aromatic N) is 3. The molecule has 0 aliphatic carbocycles. The van der Waals surface area contributed by atoms with Crippen LogP contribution < -0.4 is 15.5 Å². The van der Waals surface area contributed by atoms with Crippen molar-refractivity contribution in [3.05, 3.63) is 29.8 Å². The molecule has 4 unspecified atom stereocenters. The van der Waals surface area contributed by atoms with Gasteiger partial charge in [0.1, 0.15) is 12.1 Å². The minimum atomic E-state index is -0.671. The summed E-state index contributed by atoms with van der Waals surface area (Å²) < 4.78 is 0. The van der Waals surface area contributed by atoms with E-state index >= 15 is 0 Å². The van der Waals surface area contributed by atoms with Crippen LogP contribution in [0.4, 0.5) is 5.69 Å². The van der Waals surface area contributed by atoms with Crippen molar-refractivity contribution in [2.24, 2.45) is 5.92 Å². The number of hydrogen-bond donors (Lipinski definition) is 2. The van der Waals surface area contributed by atoms with Crippen LogP contribution in [-0.2, 0) is 19.2 Å². The Kier molecular flexibility index (Phi) is 9.29. The molecule has 2 aliphatic heterocycles. The van der Waals surface area contributed by atoms with Crippen molar-refractivity contribution < 1.29 is 24.0 Å². The zero-order chi connectivity index (χ0) is 27.3. The lowest BCUT2D eigenvalue weighted by molar-refractivity contribution is -0.137. The van der Waals surface area contributed by atoms with Crippen molar-refractivity contribution in [3.63, 3.8) is 0 Å². The predicted octanol–water partition coefficient (Wildman–Crippen LogP) is 1.19. The van der Waals surface area contributed by atoms with E-state index in [-0.39, 0.29) is 54.3 Å². The number of Topliss-reactive ketones (excluding diaryl/α,β-unsaturated/α-hetero) is 1. The third-order valence-electron chi connectivity index (χ3n) is 7.20. The Hall–Kier alpha value is -3.43. The minimum Gasteiger partial charge on any atom is -0.378 e. The number of ketones is 1. The smallest absolute Gasteiger partial charge is 0.251 e. The van der Waals surface area contributed by atoms with Crippen molar-refractivity contribution in [1.82, 2.24) is 20.4 Å². The SMILES string of the molecule is CCC(NC(C)=O)C(=O)N1CC(=O)C2C1CCN2C(=O)CC(C)CCNC(=O)c1ccc(N(C)C)cc1. The van der Waals surface area contributed by atoms with Gasteiger partial charge < -0.3 is 25.3 Å². The van der Waals surface area contributed by atoms with E-state index < -0.39 is 12.1 Å². The number of benzene rings is 1. The van der Waals surface area contributed by atoms with Crippen molar-refractivity contribution in [3.8, 4) is 0 Å². The van der Waals surface area contributed by atoms with E-state index in [1.54, 1.807) is 17.0 Å². The molecular weight excluding hydrogens is 474 g/mol. The number of likely N-dealkylation sites (tertiary alicyclic amines) is 2. The van der Waals surface area contributed by atoms with Crippen molar-refractivity contribution in [2.45, 2.75) is 64.6 Å². The third-order valence-corrected chi connectivity index (χ3v) is 7.20. The van der Waals surface area contributed by atoms with Gasteiger partial charge in [-0.25, -0.2) is 0 Å². The van der Waals surface area contributed by atoms with E-state index in [0.717, 1.165) is 5.69 Å². The summed E-state index contributed by atoms with van der Waals surface area (Å²) in [5.74, 6) is -0.950. The Labute approximate surface area is 218 Å². The second-order valence-corrected chi connectivity index (χ2v) is 10.3. The van der Waals surface area contributed by atoms with Gasteiger partial charge in [-0.1, -0.05) is 13.8 Å². The van der Waals surface area contributed by atoms with Gasteiger partial charge in [-0.3, -0.25) is 24.0 Å². The van der Waals surface area contributed by atoms with Gasteiger partial charge in [0.15, 0.2) is 5.78 Å². The first-order chi connectivity index (χ1) is 17.5. The lowest BCUT2D eigenvalue weighted by Crippen LogP contribution is -2.50. The molecule has 37 heavy (non-hydrogen) atoms. The Balaban J connectivity index is 1.49. The first kappa shape index (κ1) is 28.1. The molecule has 10 nitrogen and oxygen atoms in total. The molecule has 202 valence electrons. The number of nitrogens with one attached hydrogen (secondary N) is 2. The molecule has 1 aromatic carbocycles. The van der Waals surface area contributed by atoms with Crippen LogP contribution in [0.15, 0.2) is 24.3 Å². The number of rotatable bonds is 10. The summed E-state index contributed by atoms with van der Waals surface area (Å²) in [5, 5.41) is 5.56. The lowest BCUT2D eigenvalue weighted by Gasteiger charge is -2.28. The molecule has 0 radical (unpaired) electrons. The van der Waals surface area contributed by atoms with Crippen LogP contribution in [-0.4, -0.2) is 91.1 Å². The monoisotopic (exact) mass is 513 g/mol. The van der Waals surface area contributed by atoms with Crippen LogP contribution in [0.1, 0.15) is 56.8 Å². The molecule has 0 saturated carbocycles. The number of hydrogen-bond acceptors (Lipinski definition) is 6. The molecule has 1 aromatic rings. The molecule has 2 saturated heterocycles. The van der Waals surface area contributed by atoms with E-state index in [4.69, 9.17) is 0 Å². The topological polar surface area (TPSA) is 119 Å². The summed E-state index contributed by atoms with van der Waals surface area (Å²) in [6.45, 7) is 5.95. The fourth-order valence-corrected chi connectivity index (χ4v) is 5.14. The highest BCUT2D eigenvalue weighted by molar-refractivity contribution is 5.99. The van der Waals surface area contributed by atoms with Gasteiger partial charge >= 0.3 is 0 Å². The molecule has 4 amide bonds. The van der Waals surface area contributed by atoms with Gasteiger partial charge in [0.05, 0.1) is 12.6 Å². The van der Waals surface area contributed by atoms with Crippen molar-refractivity contribution in [1.29, 1.82) is 0 Å². The van der Waals surface area contributed by atoms with E-state index in [1.165, 1.54) is 11.8 Å². The zero-order valence-electron chi connectivity index (χ0n) is 22.5. The summed E-state index contributed by atoms with van der Waals surface area (Å²) in [6.07, 6.45) is 1.87. The largest absolute Gasteiger partial charge is 0.378 e. The van der Waals surface area contributed by atoms with Crippen LogP contribution >= 0.6 is 0 Å². The summed E-state index contributed by atoms with van der Waals surface area (Å²) in [5.41, 5.74) is 1.60. The van der Waals surface area contributed by atoms with E-state index in [0.29, 0.717) is 37.9 Å². The molecule has 4 atom stereocenters. The first-order valence-electron chi connectivity index (χ1n) is 13.0. The highest BCUT2D eigenvalue weighted by Gasteiger charge is 2.51. The van der Waals surface area contributed by atoms with Crippen molar-refractivity contribution in [2.75, 3.05) is 38.6 Å². The number of amides is 4. The number of fused-ring (bicyclic) bond motifs is 1. The van der Waals surface area contributed by atoms with Gasteiger partial charge in [0, 0.05) is 51.8 Å². The Morgan fingerprint density at radius 3 is 2.38 bits per heavy atom. The molecule has 2 aliphatic rings. The van der Waals surface area contributed by atoms with E-state index in [9.17, 15) is 24.0 Å². The second-order valence-electron chi connectivity index (χ2n) is 10.3. The summed E-state index contributed by atoms with van der Waals surface area (Å²) in [4.78, 5) is 67.9. The van der Waals surface area contributed by atoms with E-state index in [2.05, 4.69) is 10.6 Å². The summed E-state index contributed by atoms with van der Waals surface area (Å²) in [7, 11) is 3.88. The predicted molar refractivity (Wildman–Crippen MR) is 140 cm³/mol.